The number of aliphatic hydroxyl groups excluding tert-OH is 1. The smallest absolute Gasteiger partial charge is 0.132 e. The molecule has 0 atom stereocenters. The number of nitrogens with zero attached hydrogens (tertiary/aromatic N) is 3. The SMILES string of the molecule is CC(C)C(C=N)=CC(N)=NC1=CC=C2NC=C(C(C=NCCCN3CC(O)C3)=CN)C=C2N1. The first kappa shape index (κ1) is 24.2. The number of hydrogen-bond donors (Lipinski definition) is 6. The fraction of sp³-hybridized carbons (Fsp3) is 0.375. The van der Waals surface area contributed by atoms with Gasteiger partial charge in [-0.25, -0.2) is 4.99 Å². The van der Waals surface area contributed by atoms with Crippen LogP contribution in [0.5, 0.6) is 0 Å². The number of nitrogens with one attached hydrogen (secondary N) is 3. The number of allylic oxidation sites excluding steroid dienone is 6. The van der Waals surface area contributed by atoms with Crippen molar-refractivity contribution in [2.45, 2.75) is 26.4 Å². The maximum atomic E-state index is 9.33. The van der Waals surface area contributed by atoms with Gasteiger partial charge in [0.1, 0.15) is 11.7 Å². The molecule has 3 heterocycles. The van der Waals surface area contributed by atoms with Crippen molar-refractivity contribution in [1.29, 1.82) is 5.41 Å². The summed E-state index contributed by atoms with van der Waals surface area (Å²) < 4.78 is 0. The number of rotatable bonds is 10. The van der Waals surface area contributed by atoms with Crippen LogP contribution < -0.4 is 22.1 Å². The van der Waals surface area contributed by atoms with Crippen LogP contribution in [0.2, 0.25) is 0 Å². The monoisotopic (exact) mass is 450 g/mol. The lowest BCUT2D eigenvalue weighted by Crippen LogP contribution is -2.50. The molecule has 0 bridgehead atoms. The van der Waals surface area contributed by atoms with Gasteiger partial charge in [0.05, 0.1) is 17.5 Å². The quantitative estimate of drug-likeness (QED) is 0.168. The van der Waals surface area contributed by atoms with Gasteiger partial charge in [-0.05, 0) is 42.2 Å². The minimum atomic E-state index is -0.167. The number of aliphatic imine (C=N–C) groups is 2. The van der Waals surface area contributed by atoms with Crippen molar-refractivity contribution in [2.75, 3.05) is 26.2 Å². The van der Waals surface area contributed by atoms with Crippen LogP contribution in [-0.4, -0.2) is 60.6 Å². The fourth-order valence-corrected chi connectivity index (χ4v) is 3.53. The van der Waals surface area contributed by atoms with E-state index in [1.807, 2.05) is 38.3 Å². The van der Waals surface area contributed by atoms with Crippen molar-refractivity contribution in [1.82, 2.24) is 15.5 Å². The molecule has 0 saturated carbocycles. The predicted molar refractivity (Wildman–Crippen MR) is 135 cm³/mol. The Hall–Kier alpha value is -3.43. The molecule has 0 spiro atoms. The van der Waals surface area contributed by atoms with Gasteiger partial charge in [0, 0.05) is 62.2 Å². The van der Waals surface area contributed by atoms with Gasteiger partial charge in [-0.15, -0.1) is 0 Å². The van der Waals surface area contributed by atoms with Gasteiger partial charge in [0.2, 0.25) is 0 Å². The van der Waals surface area contributed by atoms with Crippen LogP contribution >= 0.6 is 0 Å². The molecule has 8 N–H and O–H groups in total. The molecule has 3 aliphatic rings. The largest absolute Gasteiger partial charge is 0.404 e. The Labute approximate surface area is 195 Å². The Morgan fingerprint density at radius 1 is 1.33 bits per heavy atom. The van der Waals surface area contributed by atoms with Gasteiger partial charge in [-0.2, -0.15) is 0 Å². The summed E-state index contributed by atoms with van der Waals surface area (Å²) in [6.07, 6.45) is 14.8. The molecular formula is C24H34N8O. The number of likely N-dealkylation sites (tertiary alicyclic amines) is 1. The summed E-state index contributed by atoms with van der Waals surface area (Å²) in [5.74, 6) is 1.14. The van der Waals surface area contributed by atoms with Crippen molar-refractivity contribution < 1.29 is 5.11 Å². The van der Waals surface area contributed by atoms with E-state index in [1.165, 1.54) is 6.21 Å². The van der Waals surface area contributed by atoms with Gasteiger partial charge in [0.15, 0.2) is 0 Å². The first-order valence-corrected chi connectivity index (χ1v) is 11.2. The van der Waals surface area contributed by atoms with Crippen LogP contribution in [0.25, 0.3) is 0 Å². The van der Waals surface area contributed by atoms with E-state index >= 15 is 0 Å². The number of nitrogens with two attached hydrogens (primary N) is 2. The standard InChI is InChI=1S/C24H34N8O/c1-16(2)17(10-25)9-23(27)31-24-5-4-21-22(30-24)8-18(13-29-21)19(11-26)12-28-6-3-7-32-14-20(33)15-32/h4-5,8-13,16,20,25,29-30,33H,3,6-7,14-15,26H2,1-2H3,(H2,27,31). The van der Waals surface area contributed by atoms with E-state index in [9.17, 15) is 5.11 Å². The van der Waals surface area contributed by atoms with Crippen LogP contribution in [0.3, 0.4) is 0 Å². The molecule has 0 aromatic heterocycles. The van der Waals surface area contributed by atoms with Crippen LogP contribution in [-0.2, 0) is 0 Å². The highest BCUT2D eigenvalue weighted by Gasteiger charge is 2.23. The summed E-state index contributed by atoms with van der Waals surface area (Å²) >= 11 is 0. The molecule has 9 nitrogen and oxygen atoms in total. The Morgan fingerprint density at radius 3 is 2.79 bits per heavy atom. The van der Waals surface area contributed by atoms with Crippen molar-refractivity contribution in [3.8, 4) is 0 Å². The van der Waals surface area contributed by atoms with Gasteiger partial charge < -0.3 is 32.6 Å². The summed E-state index contributed by atoms with van der Waals surface area (Å²) in [5.41, 5.74) is 16.2. The van der Waals surface area contributed by atoms with E-state index in [1.54, 1.807) is 18.5 Å². The second kappa shape index (κ2) is 11.4. The minimum absolute atomic E-state index is 0.167. The third-order valence-electron chi connectivity index (χ3n) is 5.48. The molecule has 0 aromatic rings. The summed E-state index contributed by atoms with van der Waals surface area (Å²) in [6, 6.07) is 0. The maximum Gasteiger partial charge on any atom is 0.132 e. The average molecular weight is 451 g/mol. The summed E-state index contributed by atoms with van der Waals surface area (Å²) in [5, 5.41) is 23.4. The molecule has 0 unspecified atom stereocenters. The van der Waals surface area contributed by atoms with E-state index in [0.29, 0.717) is 18.2 Å². The van der Waals surface area contributed by atoms with Gasteiger partial charge in [0.25, 0.3) is 0 Å². The lowest BCUT2D eigenvalue weighted by atomic mass is 10.0. The zero-order valence-corrected chi connectivity index (χ0v) is 19.3. The summed E-state index contributed by atoms with van der Waals surface area (Å²) in [4.78, 5) is 11.2. The maximum absolute atomic E-state index is 9.33. The molecule has 33 heavy (non-hydrogen) atoms. The normalized spacial score (nSPS) is 20.3. The lowest BCUT2D eigenvalue weighted by molar-refractivity contribution is 0.00220. The highest BCUT2D eigenvalue weighted by atomic mass is 16.3. The number of amidine groups is 1. The molecule has 1 fully saturated rings. The molecule has 0 radical (unpaired) electrons. The number of β-amino-alcohol motifs (C(OH)–C–C–N with tert-alkyl or cyclic N) is 1. The fourth-order valence-electron chi connectivity index (χ4n) is 3.53. The summed E-state index contributed by atoms with van der Waals surface area (Å²) in [6.45, 7) is 7.18. The molecule has 176 valence electrons. The highest BCUT2D eigenvalue weighted by Crippen LogP contribution is 2.22. The molecule has 3 rings (SSSR count). The molecule has 1 saturated heterocycles. The second-order valence-electron chi connectivity index (χ2n) is 8.46. The molecule has 0 amide bonds. The topological polar surface area (TPSA) is 148 Å². The van der Waals surface area contributed by atoms with Gasteiger partial charge in [-0.3, -0.25) is 9.89 Å². The lowest BCUT2D eigenvalue weighted by Gasteiger charge is -2.35. The Bertz CT molecular complexity index is 988. The molecule has 0 aromatic carbocycles. The van der Waals surface area contributed by atoms with Crippen molar-refractivity contribution >= 4 is 18.3 Å². The van der Waals surface area contributed by atoms with Gasteiger partial charge >= 0.3 is 0 Å². The Kier molecular flexibility index (Phi) is 8.39. The van der Waals surface area contributed by atoms with E-state index in [2.05, 4.69) is 25.5 Å². The number of hydrogen-bond acceptors (Lipinski definition) is 8. The predicted octanol–water partition coefficient (Wildman–Crippen LogP) is 1.26. The first-order chi connectivity index (χ1) is 15.9. The van der Waals surface area contributed by atoms with E-state index in [0.717, 1.165) is 54.2 Å². The van der Waals surface area contributed by atoms with Crippen molar-refractivity contribution in [3.63, 3.8) is 0 Å². The van der Waals surface area contributed by atoms with Crippen molar-refractivity contribution in [3.05, 3.63) is 70.6 Å². The average Bonchev–Trinajstić information content (AvgIpc) is 2.77. The number of aliphatic hydroxyl groups is 1. The Morgan fingerprint density at radius 2 is 2.12 bits per heavy atom. The summed E-state index contributed by atoms with van der Waals surface area (Å²) in [7, 11) is 0. The molecular weight excluding hydrogens is 416 g/mol. The van der Waals surface area contributed by atoms with E-state index in [-0.39, 0.29) is 12.0 Å². The van der Waals surface area contributed by atoms with Crippen molar-refractivity contribution in [2.24, 2.45) is 27.4 Å². The highest BCUT2D eigenvalue weighted by molar-refractivity contribution is 5.97. The van der Waals surface area contributed by atoms with Crippen LogP contribution in [0.4, 0.5) is 0 Å². The second-order valence-corrected chi connectivity index (χ2v) is 8.46. The first-order valence-electron chi connectivity index (χ1n) is 11.2. The zero-order valence-electron chi connectivity index (χ0n) is 19.3. The molecule has 3 aliphatic heterocycles. The minimum Gasteiger partial charge on any atom is -0.404 e. The molecule has 0 aliphatic carbocycles. The zero-order chi connectivity index (χ0) is 23.8. The van der Waals surface area contributed by atoms with Crippen LogP contribution in [0.15, 0.2) is 80.6 Å². The number of dihydropyridines is 2. The van der Waals surface area contributed by atoms with Crippen LogP contribution in [0, 0.1) is 11.3 Å². The van der Waals surface area contributed by atoms with E-state index < -0.39 is 0 Å². The third kappa shape index (κ3) is 6.77. The van der Waals surface area contributed by atoms with Gasteiger partial charge in [-0.1, -0.05) is 13.8 Å². The van der Waals surface area contributed by atoms with E-state index in [4.69, 9.17) is 16.9 Å². The number of fused-ring (bicyclic) bond motifs is 1. The third-order valence-corrected chi connectivity index (χ3v) is 5.48. The Balaban J connectivity index is 1.60. The van der Waals surface area contributed by atoms with Crippen LogP contribution in [0.1, 0.15) is 20.3 Å². The molecule has 9 heteroatoms.